The first kappa shape index (κ1) is 93.5. The Bertz CT molecular complexity index is 6890. The lowest BCUT2D eigenvalue weighted by Gasteiger charge is -2.36. The van der Waals surface area contributed by atoms with Crippen LogP contribution in [0.3, 0.4) is 0 Å². The number of carbonyl (C=O) groups excluding carboxylic acids is 6. The molecule has 3 spiro atoms. The van der Waals surface area contributed by atoms with E-state index in [9.17, 15) is 28.8 Å². The van der Waals surface area contributed by atoms with Crippen LogP contribution in [0.1, 0.15) is 126 Å². The second-order valence-corrected chi connectivity index (χ2v) is 40.5. The summed E-state index contributed by atoms with van der Waals surface area (Å²) in [7, 11) is 5.57. The maximum Gasteiger partial charge on any atom is 0.237 e. The van der Waals surface area contributed by atoms with Crippen LogP contribution in [0.2, 0.25) is 0 Å². The third-order valence-electron chi connectivity index (χ3n) is 31.0. The molecule has 34 heteroatoms. The highest BCUT2D eigenvalue weighted by Crippen LogP contribution is 2.48. The van der Waals surface area contributed by atoms with Gasteiger partial charge < -0.3 is 48.7 Å². The van der Waals surface area contributed by atoms with Gasteiger partial charge in [0.15, 0.2) is 17.5 Å². The van der Waals surface area contributed by atoms with E-state index in [1.165, 1.54) is 33.4 Å². The zero-order chi connectivity index (χ0) is 97.8. The minimum absolute atomic E-state index is 0.0564. The second kappa shape index (κ2) is 39.4. The number of benzene rings is 5. The van der Waals surface area contributed by atoms with Gasteiger partial charge >= 0.3 is 0 Å². The molecule has 734 valence electrons. The lowest BCUT2D eigenvalue weighted by molar-refractivity contribution is -0.133. The number of hydrogen-bond acceptors (Lipinski definition) is 25. The molecule has 24 rings (SSSR count). The lowest BCUT2D eigenvalue weighted by atomic mass is 9.85. The van der Waals surface area contributed by atoms with Gasteiger partial charge in [-0.05, 0) is 197 Å². The molecule has 143 heavy (non-hydrogen) atoms. The third kappa shape index (κ3) is 19.1. The Morgan fingerprint density at radius 2 is 0.839 bits per heavy atom. The Morgan fingerprint density at radius 1 is 0.406 bits per heavy atom. The number of aryl methyl sites for hydroxylation is 4. The molecule has 34 nitrogen and oxygen atoms in total. The average molecular weight is 1920 g/mol. The summed E-state index contributed by atoms with van der Waals surface area (Å²) in [5.41, 5.74) is 21.0. The molecule has 8 saturated heterocycles. The van der Waals surface area contributed by atoms with Crippen molar-refractivity contribution in [3.8, 4) is 40.0 Å². The van der Waals surface area contributed by atoms with E-state index in [0.29, 0.717) is 135 Å². The fourth-order valence-electron chi connectivity index (χ4n) is 22.8. The first-order chi connectivity index (χ1) is 69.6. The highest BCUT2D eigenvalue weighted by molar-refractivity contribution is 6.17. The van der Waals surface area contributed by atoms with Gasteiger partial charge in [0.2, 0.25) is 41.3 Å². The van der Waals surface area contributed by atoms with Crippen LogP contribution in [0.4, 0.5) is 22.9 Å². The number of piperazine rings is 1. The summed E-state index contributed by atoms with van der Waals surface area (Å²) in [6, 6.07) is 45.4. The Balaban J connectivity index is 0.000000123. The van der Waals surface area contributed by atoms with E-state index in [4.69, 9.17) is 24.5 Å². The van der Waals surface area contributed by atoms with Gasteiger partial charge in [0.25, 0.3) is 0 Å². The molecule has 0 N–H and O–H groups in total. The monoisotopic (exact) mass is 1920 g/mol. The number of anilines is 4. The van der Waals surface area contributed by atoms with Crippen molar-refractivity contribution in [3.63, 3.8) is 0 Å². The number of ether oxygens (including phenoxy) is 2. The van der Waals surface area contributed by atoms with E-state index in [1.54, 1.807) is 51.6 Å². The summed E-state index contributed by atoms with van der Waals surface area (Å²) in [6.45, 7) is 23.8. The van der Waals surface area contributed by atoms with E-state index in [0.717, 1.165) is 212 Å². The standard InChI is InChI=1S/C37H42N10O3.C37H38N8O2.C35H40N8O3/c1-25(2)50-32-9-6-27(20-39-32)34-30-18-29(7-4-26(30)19-40-34)47-13-11-37(36(47)49)10-12-44(23-37)22-33(48)46-16-14-45(15-17-46)31-8-5-28(21-38-31)35-41-24-43(3)42-35;1-25-9-14-38-21-32(25)34-31-19-30(8-7-29(31)20-39-34)45-18-13-37(36(45)47)12-17-43(23-37)22-33(46)44-15-10-27(11-16-44)26-3-5-28(6-4-26)35-40-24-42(2)41-35;1-39-24-37-32(38-39)27-4-2-25(3-5-27)26-8-12-41(13-9-26)31(44)22-40-14-10-35(23-40)11-15-43(34(35)45)29-7-6-28-21-36-33(30(28)20-29)42-16-18-46-19-17-42/h4-9,18,20-21,24-25H,10-17,19,22-23H2,1-3H3;3-10,14,19,21,24H,11-13,15-18,20,22-23H2,1-2H3;2-8,20,24H,9-19,21-23H2,1H3/t2*37-;35-/m000/s1. The number of likely N-dealkylation sites (tertiary alicyclic amines) is 3. The molecule has 8 fully saturated rings. The summed E-state index contributed by atoms with van der Waals surface area (Å²) in [6.07, 6.45) is 23.2. The van der Waals surface area contributed by atoms with E-state index < -0.39 is 16.2 Å². The number of pyridine rings is 3. The zero-order valence-corrected chi connectivity index (χ0v) is 82.1. The van der Waals surface area contributed by atoms with E-state index in [-0.39, 0.29) is 41.5 Å². The molecule has 0 saturated carbocycles. The first-order valence-corrected chi connectivity index (χ1v) is 50.3. The van der Waals surface area contributed by atoms with Crippen molar-refractivity contribution < 1.29 is 38.2 Å². The van der Waals surface area contributed by atoms with E-state index in [2.05, 4.69) is 186 Å². The van der Waals surface area contributed by atoms with Crippen molar-refractivity contribution in [2.45, 2.75) is 97.9 Å². The normalized spacial score (nSPS) is 21.6. The third-order valence-corrected chi connectivity index (χ3v) is 31.0. The van der Waals surface area contributed by atoms with E-state index >= 15 is 0 Å². The minimum Gasteiger partial charge on any atom is -0.475 e. The molecular formula is C109H120N26O8. The molecule has 19 heterocycles. The molecule has 11 aromatic rings. The fourth-order valence-corrected chi connectivity index (χ4v) is 22.8. The van der Waals surface area contributed by atoms with Crippen molar-refractivity contribution in [2.75, 3.05) is 177 Å². The fraction of sp³-hybridized carbons (Fsp3) is 0.413. The highest BCUT2D eigenvalue weighted by atomic mass is 16.5. The molecule has 6 aromatic heterocycles. The van der Waals surface area contributed by atoms with Crippen molar-refractivity contribution in [3.05, 3.63) is 251 Å². The average Bonchev–Trinajstić information content (AvgIpc) is 1.61. The second-order valence-electron chi connectivity index (χ2n) is 40.5. The molecule has 0 unspecified atom stereocenters. The quantitative estimate of drug-likeness (QED) is 0.0726. The number of fused-ring (bicyclic) bond motifs is 3. The van der Waals surface area contributed by atoms with E-state index in [1.807, 2.05) is 107 Å². The number of morpholine rings is 1. The summed E-state index contributed by atoms with van der Waals surface area (Å²) >= 11 is 0. The molecule has 0 aliphatic carbocycles. The van der Waals surface area contributed by atoms with Gasteiger partial charge in [-0.15, -0.1) is 0 Å². The Labute approximate surface area is 831 Å². The van der Waals surface area contributed by atoms with Crippen LogP contribution < -0.4 is 24.3 Å². The number of aliphatic imine (C=N–C) groups is 3. The van der Waals surface area contributed by atoms with Crippen molar-refractivity contribution in [1.29, 1.82) is 0 Å². The molecule has 5 aromatic carbocycles. The maximum absolute atomic E-state index is 14.0. The van der Waals surface area contributed by atoms with Crippen LogP contribution in [-0.4, -0.2) is 310 Å². The number of rotatable bonds is 19. The Kier molecular flexibility index (Phi) is 25.8. The number of amides is 6. The lowest BCUT2D eigenvalue weighted by Crippen LogP contribution is -2.51. The molecule has 13 aliphatic heterocycles. The number of aromatic nitrogens is 12. The van der Waals surface area contributed by atoms with Crippen molar-refractivity contribution in [2.24, 2.45) is 52.4 Å². The maximum atomic E-state index is 14.0. The largest absolute Gasteiger partial charge is 0.475 e. The van der Waals surface area contributed by atoms with Crippen molar-refractivity contribution >= 4 is 86.7 Å². The number of nitrogens with zero attached hydrogens (tertiary/aromatic N) is 26. The molecule has 0 radical (unpaired) electrons. The van der Waals surface area contributed by atoms with Gasteiger partial charge in [0.1, 0.15) is 30.6 Å². The Morgan fingerprint density at radius 3 is 1.29 bits per heavy atom. The van der Waals surface area contributed by atoms with Crippen LogP contribution in [0, 0.1) is 23.2 Å². The SMILES string of the molecule is CC(C)Oc1ccc(C2=NCc3ccc(N4CC[C@]5(CCN(CC(=O)N6CCN(c7ccc(-c8ncn(C)n8)cn7)CC6)C5)C4=O)cc32)cn1.Cc1ccncc1C1=NCc2ccc(N3CC[C@]4(CCN(CC(=O)N5CC=C(c6ccc(-c7ncn(C)n7)cc6)CC5)C4)C3=O)cc21.Cn1cnc(-c2ccc(C3=CCN(C(=O)CN4CC[C@]5(CCN(c6ccc7c(c6)C(N6CCOCC6)=NC7)C5=O)C4)CC3)cc2)n1. The molecule has 13 aliphatic rings. The van der Waals surface area contributed by atoms with Gasteiger partial charge in [0.05, 0.1) is 86.3 Å². The summed E-state index contributed by atoms with van der Waals surface area (Å²) in [5, 5.41) is 13.1. The molecule has 0 bridgehead atoms. The number of amidine groups is 1. The van der Waals surface area contributed by atoms with Gasteiger partial charge in [0, 0.05) is 218 Å². The predicted octanol–water partition coefficient (Wildman–Crippen LogP) is 10.3. The topological polar surface area (TPSA) is 324 Å². The highest BCUT2D eigenvalue weighted by Gasteiger charge is 2.55. The molecule has 6 amide bonds. The smallest absolute Gasteiger partial charge is 0.237 e. The van der Waals surface area contributed by atoms with Crippen molar-refractivity contribution in [1.82, 2.24) is 93.5 Å². The van der Waals surface area contributed by atoms with Gasteiger partial charge in [-0.2, -0.15) is 15.3 Å². The van der Waals surface area contributed by atoms with Crippen LogP contribution in [0.15, 0.2) is 204 Å². The van der Waals surface area contributed by atoms with Gasteiger partial charge in [-0.1, -0.05) is 78.9 Å². The van der Waals surface area contributed by atoms with Gasteiger partial charge in [-0.25, -0.2) is 24.9 Å². The predicted molar refractivity (Wildman–Crippen MR) is 545 cm³/mol. The van der Waals surface area contributed by atoms with Crippen LogP contribution in [0.5, 0.6) is 5.88 Å². The number of hydrogen-bond donors (Lipinski definition) is 0. The molecular weight excluding hydrogens is 1800 g/mol. The zero-order valence-electron chi connectivity index (χ0n) is 82.1. The van der Waals surface area contributed by atoms with Crippen LogP contribution in [0.25, 0.3) is 45.3 Å². The Hall–Kier alpha value is -14.5. The number of carbonyl (C=O) groups is 6. The van der Waals surface area contributed by atoms with Crippen LogP contribution in [-0.2, 0) is 74.3 Å². The first-order valence-electron chi connectivity index (χ1n) is 50.3. The minimum atomic E-state index is -0.451. The molecule has 3 atom stereocenters. The summed E-state index contributed by atoms with van der Waals surface area (Å²) < 4.78 is 16.3. The summed E-state index contributed by atoms with van der Waals surface area (Å²) in [4.78, 5) is 146. The summed E-state index contributed by atoms with van der Waals surface area (Å²) in [5.74, 6) is 5.52. The van der Waals surface area contributed by atoms with Crippen LogP contribution >= 0.6 is 0 Å². The van der Waals surface area contributed by atoms with Gasteiger partial charge in [-0.3, -0.25) is 77.5 Å².